The summed E-state index contributed by atoms with van der Waals surface area (Å²) in [7, 11) is 0. The van der Waals surface area contributed by atoms with Gasteiger partial charge in [-0.15, -0.1) is 0 Å². The van der Waals surface area contributed by atoms with Crippen LogP contribution in [-0.4, -0.2) is 9.36 Å². The Hall–Kier alpha value is -0.160. The lowest BCUT2D eigenvalue weighted by Crippen LogP contribution is -1.77. The predicted molar refractivity (Wildman–Crippen MR) is 63.1 cm³/mol. The van der Waals surface area contributed by atoms with Gasteiger partial charge in [-0.3, -0.25) is 0 Å². The molecule has 0 fully saturated rings. The van der Waals surface area contributed by atoms with E-state index in [1.807, 2.05) is 6.07 Å². The average Bonchev–Trinajstić information content (AvgIpc) is 2.51. The lowest BCUT2D eigenvalue weighted by atomic mass is 10.2. The Morgan fingerprint density at radius 3 is 2.64 bits per heavy atom. The standard InChI is InChI=1S/C8H3BrCl2N2S/c9-8-12-7(14-13-8)5-2-1-4(10)3-6(5)11/h1-3H. The smallest absolute Gasteiger partial charge is 0.209 e. The Labute approximate surface area is 103 Å². The van der Waals surface area contributed by atoms with Crippen molar-refractivity contribution in [2.75, 3.05) is 0 Å². The van der Waals surface area contributed by atoms with Gasteiger partial charge in [0, 0.05) is 10.6 Å². The highest BCUT2D eigenvalue weighted by atomic mass is 79.9. The van der Waals surface area contributed by atoms with Gasteiger partial charge in [-0.2, -0.15) is 4.37 Å². The van der Waals surface area contributed by atoms with Crippen LogP contribution in [0.15, 0.2) is 22.9 Å². The third-order valence-corrected chi connectivity index (χ3v) is 3.45. The Balaban J connectivity index is 2.52. The van der Waals surface area contributed by atoms with Gasteiger partial charge >= 0.3 is 0 Å². The van der Waals surface area contributed by atoms with Crippen LogP contribution in [0.1, 0.15) is 0 Å². The number of benzene rings is 1. The fraction of sp³-hybridized carbons (Fsp3) is 0. The SMILES string of the molecule is Clc1ccc(-c2nc(Br)ns2)c(Cl)c1. The van der Waals surface area contributed by atoms with Gasteiger partial charge < -0.3 is 0 Å². The number of halogens is 3. The summed E-state index contributed by atoms with van der Waals surface area (Å²) < 4.78 is 4.58. The molecule has 0 atom stereocenters. The molecule has 0 aliphatic heterocycles. The number of aromatic nitrogens is 2. The zero-order valence-corrected chi connectivity index (χ0v) is 10.6. The number of hydrogen-bond acceptors (Lipinski definition) is 3. The molecule has 0 aliphatic carbocycles. The summed E-state index contributed by atoms with van der Waals surface area (Å²) in [6, 6.07) is 5.30. The van der Waals surface area contributed by atoms with E-state index in [1.165, 1.54) is 11.5 Å². The van der Waals surface area contributed by atoms with Crippen molar-refractivity contribution in [2.45, 2.75) is 0 Å². The molecule has 1 heterocycles. The van der Waals surface area contributed by atoms with E-state index in [1.54, 1.807) is 12.1 Å². The van der Waals surface area contributed by atoms with Crippen LogP contribution in [-0.2, 0) is 0 Å². The summed E-state index contributed by atoms with van der Waals surface area (Å²) in [4.78, 5) is 4.17. The summed E-state index contributed by atoms with van der Waals surface area (Å²) in [5, 5.41) is 1.97. The highest BCUT2D eigenvalue weighted by molar-refractivity contribution is 9.10. The Bertz CT molecular complexity index is 472. The minimum Gasteiger partial charge on any atom is -0.209 e. The first-order valence-corrected chi connectivity index (χ1v) is 5.93. The number of rotatable bonds is 1. The Kier molecular flexibility index (Phi) is 3.07. The molecule has 0 saturated heterocycles. The van der Waals surface area contributed by atoms with Gasteiger partial charge in [0.05, 0.1) is 5.02 Å². The van der Waals surface area contributed by atoms with E-state index in [0.717, 1.165) is 10.6 Å². The zero-order valence-electron chi connectivity index (χ0n) is 6.67. The van der Waals surface area contributed by atoms with Crippen LogP contribution >= 0.6 is 50.7 Å². The van der Waals surface area contributed by atoms with Crippen LogP contribution in [0.5, 0.6) is 0 Å². The molecule has 2 rings (SSSR count). The van der Waals surface area contributed by atoms with Gasteiger partial charge in [0.1, 0.15) is 5.01 Å². The lowest BCUT2D eigenvalue weighted by Gasteiger charge is -1.98. The summed E-state index contributed by atoms with van der Waals surface area (Å²) in [6.45, 7) is 0. The molecule has 0 bridgehead atoms. The van der Waals surface area contributed by atoms with Crippen molar-refractivity contribution in [3.63, 3.8) is 0 Å². The normalized spacial score (nSPS) is 10.5. The highest BCUT2D eigenvalue weighted by Gasteiger charge is 2.08. The zero-order chi connectivity index (χ0) is 10.1. The van der Waals surface area contributed by atoms with Gasteiger partial charge in [0.15, 0.2) is 0 Å². The predicted octanol–water partition coefficient (Wildman–Crippen LogP) is 4.27. The fourth-order valence-electron chi connectivity index (χ4n) is 0.978. The number of nitrogens with zero attached hydrogens (tertiary/aromatic N) is 2. The topological polar surface area (TPSA) is 25.8 Å². The summed E-state index contributed by atoms with van der Waals surface area (Å²) in [5.74, 6) is 0. The maximum atomic E-state index is 6.01. The van der Waals surface area contributed by atoms with E-state index in [-0.39, 0.29) is 0 Å². The van der Waals surface area contributed by atoms with Crippen LogP contribution in [0.4, 0.5) is 0 Å². The van der Waals surface area contributed by atoms with Crippen LogP contribution in [0.2, 0.25) is 10.0 Å². The molecule has 0 radical (unpaired) electrons. The van der Waals surface area contributed by atoms with E-state index in [2.05, 4.69) is 25.3 Å². The minimum atomic E-state index is 0.573. The molecule has 0 saturated carbocycles. The number of hydrogen-bond donors (Lipinski definition) is 0. The quantitative estimate of drug-likeness (QED) is 0.786. The van der Waals surface area contributed by atoms with E-state index in [9.17, 15) is 0 Å². The van der Waals surface area contributed by atoms with Gasteiger partial charge in [0.25, 0.3) is 0 Å². The molecule has 1 aromatic carbocycles. The molecule has 0 unspecified atom stereocenters. The second-order valence-electron chi connectivity index (χ2n) is 2.49. The van der Waals surface area contributed by atoms with E-state index in [0.29, 0.717) is 14.8 Å². The lowest BCUT2D eigenvalue weighted by molar-refractivity contribution is 1.26. The molecule has 1 aromatic heterocycles. The van der Waals surface area contributed by atoms with Crippen molar-refractivity contribution in [3.05, 3.63) is 33.0 Å². The first kappa shape index (κ1) is 10.4. The first-order chi connectivity index (χ1) is 6.66. The van der Waals surface area contributed by atoms with E-state index in [4.69, 9.17) is 23.2 Å². The average molecular weight is 310 g/mol. The maximum absolute atomic E-state index is 6.01. The Morgan fingerprint density at radius 1 is 1.29 bits per heavy atom. The van der Waals surface area contributed by atoms with Crippen molar-refractivity contribution in [2.24, 2.45) is 0 Å². The van der Waals surface area contributed by atoms with Crippen LogP contribution in [0.25, 0.3) is 10.6 Å². The maximum Gasteiger partial charge on any atom is 0.209 e. The highest BCUT2D eigenvalue weighted by Crippen LogP contribution is 2.31. The summed E-state index contributed by atoms with van der Waals surface area (Å²) in [6.07, 6.45) is 0. The van der Waals surface area contributed by atoms with Crippen molar-refractivity contribution >= 4 is 50.7 Å². The van der Waals surface area contributed by atoms with Crippen LogP contribution in [0, 0.1) is 0 Å². The van der Waals surface area contributed by atoms with Gasteiger partial charge in [-0.25, -0.2) is 4.98 Å². The molecule has 2 nitrogen and oxygen atoms in total. The fourth-order valence-corrected chi connectivity index (χ4v) is 2.65. The Morgan fingerprint density at radius 2 is 2.07 bits per heavy atom. The van der Waals surface area contributed by atoms with Crippen LogP contribution < -0.4 is 0 Å². The monoisotopic (exact) mass is 308 g/mol. The first-order valence-electron chi connectivity index (χ1n) is 3.61. The summed E-state index contributed by atoms with van der Waals surface area (Å²) >= 11 is 16.3. The molecule has 0 amide bonds. The molecule has 0 aliphatic rings. The van der Waals surface area contributed by atoms with Gasteiger partial charge in [-0.1, -0.05) is 23.2 Å². The van der Waals surface area contributed by atoms with Gasteiger partial charge in [0.2, 0.25) is 4.73 Å². The molecule has 6 heteroatoms. The van der Waals surface area contributed by atoms with Crippen molar-refractivity contribution in [3.8, 4) is 10.6 Å². The second-order valence-corrected chi connectivity index (χ2v) is 4.80. The third kappa shape index (κ3) is 2.08. The molecule has 2 aromatic rings. The third-order valence-electron chi connectivity index (χ3n) is 1.56. The van der Waals surface area contributed by atoms with Crippen molar-refractivity contribution < 1.29 is 0 Å². The van der Waals surface area contributed by atoms with Crippen molar-refractivity contribution in [1.29, 1.82) is 0 Å². The van der Waals surface area contributed by atoms with E-state index >= 15 is 0 Å². The largest absolute Gasteiger partial charge is 0.209 e. The molecule has 14 heavy (non-hydrogen) atoms. The molecule has 0 spiro atoms. The van der Waals surface area contributed by atoms with Crippen molar-refractivity contribution in [1.82, 2.24) is 9.36 Å². The molecule has 0 N–H and O–H groups in total. The van der Waals surface area contributed by atoms with Gasteiger partial charge in [-0.05, 0) is 45.7 Å². The minimum absolute atomic E-state index is 0.573. The van der Waals surface area contributed by atoms with E-state index < -0.39 is 0 Å². The molecule has 72 valence electrons. The molecular formula is C8H3BrCl2N2S. The summed E-state index contributed by atoms with van der Waals surface area (Å²) in [5.41, 5.74) is 0.847. The molecular weight excluding hydrogens is 307 g/mol. The second kappa shape index (κ2) is 4.14. The van der Waals surface area contributed by atoms with Crippen LogP contribution in [0.3, 0.4) is 0 Å².